The average Bonchev–Trinajstić information content (AvgIpc) is 2.09. The highest BCUT2D eigenvalue weighted by Crippen LogP contribution is 2.09. The van der Waals surface area contributed by atoms with Gasteiger partial charge in [0, 0.05) is 12.1 Å². The molecule has 5 heteroatoms. The molecule has 1 rings (SSSR count). The third kappa shape index (κ3) is 2.42. The monoisotopic (exact) mass is 190 g/mol. The van der Waals surface area contributed by atoms with Crippen molar-refractivity contribution in [3.63, 3.8) is 0 Å². The minimum Gasteiger partial charge on any atom is -0.313 e. The number of pyridine rings is 1. The van der Waals surface area contributed by atoms with Crippen molar-refractivity contribution < 1.29 is 13.2 Å². The molecular weight excluding hydrogens is 181 g/mol. The van der Waals surface area contributed by atoms with Gasteiger partial charge in [0.15, 0.2) is 5.82 Å². The summed E-state index contributed by atoms with van der Waals surface area (Å²) in [5.74, 6) is -3.51. The van der Waals surface area contributed by atoms with Crippen LogP contribution in [0.5, 0.6) is 0 Å². The smallest absolute Gasteiger partial charge is 0.251 e. The number of nitrogens with one attached hydrogen (secondary N) is 1. The highest BCUT2D eigenvalue weighted by Gasteiger charge is 2.10. The predicted molar refractivity (Wildman–Crippen MR) is 41.5 cm³/mol. The SMILES string of the molecule is CCNCc1cc(F)c(F)nc1F. The molecule has 0 saturated carbocycles. The number of nitrogens with zero attached hydrogens (tertiary/aromatic N) is 1. The van der Waals surface area contributed by atoms with E-state index in [9.17, 15) is 13.2 Å². The van der Waals surface area contributed by atoms with E-state index in [1.54, 1.807) is 0 Å². The molecule has 0 amide bonds. The van der Waals surface area contributed by atoms with Crippen molar-refractivity contribution in [1.29, 1.82) is 0 Å². The Hall–Kier alpha value is -1.10. The van der Waals surface area contributed by atoms with Gasteiger partial charge in [0.25, 0.3) is 5.95 Å². The van der Waals surface area contributed by atoms with Gasteiger partial charge in [-0.05, 0) is 12.6 Å². The number of aromatic nitrogens is 1. The quantitative estimate of drug-likeness (QED) is 0.732. The third-order valence-corrected chi connectivity index (χ3v) is 1.52. The molecule has 13 heavy (non-hydrogen) atoms. The molecule has 0 radical (unpaired) electrons. The molecule has 0 saturated heterocycles. The molecule has 0 bridgehead atoms. The predicted octanol–water partition coefficient (Wildman–Crippen LogP) is 1.61. The van der Waals surface area contributed by atoms with E-state index >= 15 is 0 Å². The van der Waals surface area contributed by atoms with Gasteiger partial charge in [-0.25, -0.2) is 4.39 Å². The van der Waals surface area contributed by atoms with Crippen molar-refractivity contribution in [3.05, 3.63) is 29.3 Å². The highest BCUT2D eigenvalue weighted by molar-refractivity contribution is 5.12. The fraction of sp³-hybridized carbons (Fsp3) is 0.375. The van der Waals surface area contributed by atoms with E-state index in [0.29, 0.717) is 6.54 Å². The first-order chi connectivity index (χ1) is 6.15. The summed E-state index contributed by atoms with van der Waals surface area (Å²) in [6.07, 6.45) is 0. The molecule has 0 aliphatic heterocycles. The lowest BCUT2D eigenvalue weighted by Crippen LogP contribution is -2.14. The van der Waals surface area contributed by atoms with Gasteiger partial charge < -0.3 is 5.32 Å². The molecule has 1 aromatic heterocycles. The Bertz CT molecular complexity index is 302. The molecule has 0 aliphatic rings. The summed E-state index contributed by atoms with van der Waals surface area (Å²) in [4.78, 5) is 2.78. The zero-order valence-corrected chi connectivity index (χ0v) is 7.07. The number of hydrogen-bond acceptors (Lipinski definition) is 2. The van der Waals surface area contributed by atoms with Crippen molar-refractivity contribution >= 4 is 0 Å². The summed E-state index contributed by atoms with van der Waals surface area (Å²) in [5, 5.41) is 2.78. The highest BCUT2D eigenvalue weighted by atomic mass is 19.2. The number of halogens is 3. The molecule has 0 atom stereocenters. The number of hydrogen-bond donors (Lipinski definition) is 1. The van der Waals surface area contributed by atoms with Gasteiger partial charge in [0.05, 0.1) is 0 Å². The standard InChI is InChI=1S/C8H9F3N2/c1-2-12-4-5-3-6(9)8(11)13-7(5)10/h3,12H,2,4H2,1H3. The zero-order valence-electron chi connectivity index (χ0n) is 7.07. The second-order valence-corrected chi connectivity index (χ2v) is 2.49. The van der Waals surface area contributed by atoms with Crippen LogP contribution in [-0.4, -0.2) is 11.5 Å². The van der Waals surface area contributed by atoms with Gasteiger partial charge in [-0.3, -0.25) is 0 Å². The lowest BCUT2D eigenvalue weighted by Gasteiger charge is -2.03. The van der Waals surface area contributed by atoms with Crippen molar-refractivity contribution in [2.45, 2.75) is 13.5 Å². The second kappa shape index (κ2) is 4.23. The van der Waals surface area contributed by atoms with Crippen LogP contribution in [0.15, 0.2) is 6.07 Å². The van der Waals surface area contributed by atoms with Crippen LogP contribution < -0.4 is 5.32 Å². The molecule has 72 valence electrons. The molecule has 1 heterocycles. The summed E-state index contributed by atoms with van der Waals surface area (Å²) >= 11 is 0. The van der Waals surface area contributed by atoms with E-state index in [2.05, 4.69) is 10.3 Å². The van der Waals surface area contributed by atoms with E-state index in [-0.39, 0.29) is 12.1 Å². The molecule has 0 unspecified atom stereocenters. The lowest BCUT2D eigenvalue weighted by molar-refractivity contribution is 0.438. The average molecular weight is 190 g/mol. The van der Waals surface area contributed by atoms with Crippen LogP contribution in [-0.2, 0) is 6.54 Å². The third-order valence-electron chi connectivity index (χ3n) is 1.52. The Balaban J connectivity index is 2.88. The van der Waals surface area contributed by atoms with Gasteiger partial charge in [-0.1, -0.05) is 6.92 Å². The largest absolute Gasteiger partial charge is 0.313 e. The first-order valence-electron chi connectivity index (χ1n) is 3.86. The molecule has 1 aromatic rings. The van der Waals surface area contributed by atoms with Gasteiger partial charge in [0.1, 0.15) is 0 Å². The van der Waals surface area contributed by atoms with Crippen LogP contribution in [0.1, 0.15) is 12.5 Å². The van der Waals surface area contributed by atoms with Gasteiger partial charge in [0.2, 0.25) is 5.95 Å². The topological polar surface area (TPSA) is 24.9 Å². The van der Waals surface area contributed by atoms with Crippen molar-refractivity contribution in [2.24, 2.45) is 0 Å². The van der Waals surface area contributed by atoms with Crippen molar-refractivity contribution in [2.75, 3.05) is 6.54 Å². The Labute approximate surface area is 73.8 Å². The van der Waals surface area contributed by atoms with Crippen LogP contribution in [0, 0.1) is 17.7 Å². The minimum absolute atomic E-state index is 0.0285. The lowest BCUT2D eigenvalue weighted by atomic mass is 10.2. The van der Waals surface area contributed by atoms with E-state index < -0.39 is 17.7 Å². The fourth-order valence-corrected chi connectivity index (χ4v) is 0.867. The molecule has 1 N–H and O–H groups in total. The van der Waals surface area contributed by atoms with Crippen LogP contribution in [0.2, 0.25) is 0 Å². The fourth-order valence-electron chi connectivity index (χ4n) is 0.867. The summed E-state index contributed by atoms with van der Waals surface area (Å²) < 4.78 is 37.7. The Kier molecular flexibility index (Phi) is 3.25. The van der Waals surface area contributed by atoms with Crippen LogP contribution >= 0.6 is 0 Å². The summed E-state index contributed by atoms with van der Waals surface area (Å²) in [6, 6.07) is 0.806. The maximum absolute atomic E-state index is 12.8. The second-order valence-electron chi connectivity index (χ2n) is 2.49. The van der Waals surface area contributed by atoms with Crippen molar-refractivity contribution in [1.82, 2.24) is 10.3 Å². The van der Waals surface area contributed by atoms with Gasteiger partial charge in [-0.15, -0.1) is 0 Å². The summed E-state index contributed by atoms with van der Waals surface area (Å²) in [7, 11) is 0. The zero-order chi connectivity index (χ0) is 9.84. The Morgan fingerprint density at radius 2 is 2.00 bits per heavy atom. The molecule has 2 nitrogen and oxygen atoms in total. The maximum Gasteiger partial charge on any atom is 0.251 e. The minimum atomic E-state index is -1.40. The van der Waals surface area contributed by atoms with Gasteiger partial charge in [-0.2, -0.15) is 13.8 Å². The van der Waals surface area contributed by atoms with Crippen LogP contribution in [0.4, 0.5) is 13.2 Å². The molecule has 0 aromatic carbocycles. The molecule has 0 spiro atoms. The molecule has 0 aliphatic carbocycles. The van der Waals surface area contributed by atoms with Crippen molar-refractivity contribution in [3.8, 4) is 0 Å². The maximum atomic E-state index is 12.8. The summed E-state index contributed by atoms with van der Waals surface area (Å²) in [5.41, 5.74) is 0.0285. The first kappa shape index (κ1) is 9.98. The molecular formula is C8H9F3N2. The first-order valence-corrected chi connectivity index (χ1v) is 3.86. The van der Waals surface area contributed by atoms with E-state index in [1.807, 2.05) is 6.92 Å². The van der Waals surface area contributed by atoms with Crippen LogP contribution in [0.25, 0.3) is 0 Å². The van der Waals surface area contributed by atoms with E-state index in [1.165, 1.54) is 0 Å². The van der Waals surface area contributed by atoms with Gasteiger partial charge >= 0.3 is 0 Å². The Morgan fingerprint density at radius 1 is 1.31 bits per heavy atom. The van der Waals surface area contributed by atoms with E-state index in [0.717, 1.165) is 6.07 Å². The number of rotatable bonds is 3. The van der Waals surface area contributed by atoms with E-state index in [4.69, 9.17) is 0 Å². The Morgan fingerprint density at radius 3 is 2.62 bits per heavy atom. The normalized spacial score (nSPS) is 10.5. The summed E-state index contributed by atoms with van der Waals surface area (Å²) in [6.45, 7) is 2.59. The molecule has 0 fully saturated rings. The van der Waals surface area contributed by atoms with Crippen LogP contribution in [0.3, 0.4) is 0 Å².